The summed E-state index contributed by atoms with van der Waals surface area (Å²) in [7, 11) is 0. The van der Waals surface area contributed by atoms with Crippen molar-refractivity contribution in [3.8, 4) is 11.6 Å². The zero-order valence-electron chi connectivity index (χ0n) is 21.9. The molecule has 0 saturated carbocycles. The number of anilines is 1. The molecular weight excluding hydrogens is 538 g/mol. The number of pyridine rings is 1. The molecule has 0 amide bonds. The minimum absolute atomic E-state index is 0.248. The van der Waals surface area contributed by atoms with Gasteiger partial charge in [0.25, 0.3) is 5.56 Å². The van der Waals surface area contributed by atoms with Crippen LogP contribution in [-0.4, -0.2) is 54.8 Å². The lowest BCUT2D eigenvalue weighted by molar-refractivity contribution is 0.0527. The highest BCUT2D eigenvalue weighted by Gasteiger charge is 2.23. The van der Waals surface area contributed by atoms with Crippen LogP contribution in [0.3, 0.4) is 0 Å². The Kier molecular flexibility index (Phi) is 7.74. The summed E-state index contributed by atoms with van der Waals surface area (Å²) in [5.41, 5.74) is 2.38. The number of aryl methyl sites for hydroxylation is 1. The van der Waals surface area contributed by atoms with Crippen molar-refractivity contribution in [2.24, 2.45) is 4.99 Å². The predicted octanol–water partition coefficient (Wildman–Crippen LogP) is 5.79. The van der Waals surface area contributed by atoms with Crippen LogP contribution in [0, 0.1) is 13.8 Å². The Balaban J connectivity index is 1.73. The molecule has 4 aromatic rings. The van der Waals surface area contributed by atoms with E-state index in [4.69, 9.17) is 21.1 Å². The number of fused-ring (bicyclic) bond motifs is 1. The Labute approximate surface area is 234 Å². The van der Waals surface area contributed by atoms with Crippen molar-refractivity contribution in [3.05, 3.63) is 79.4 Å². The van der Waals surface area contributed by atoms with E-state index in [0.717, 1.165) is 16.1 Å². The van der Waals surface area contributed by atoms with E-state index in [1.165, 1.54) is 22.1 Å². The molecule has 0 atom stereocenters. The molecule has 2 aromatic heterocycles. The van der Waals surface area contributed by atoms with Crippen LogP contribution in [0.2, 0.25) is 5.02 Å². The third-order valence-electron chi connectivity index (χ3n) is 6.79. The van der Waals surface area contributed by atoms with Crippen LogP contribution < -0.4 is 10.5 Å². The number of hydrogen-bond donors (Lipinski definition) is 1. The van der Waals surface area contributed by atoms with E-state index in [1.807, 2.05) is 19.9 Å². The molecule has 1 N–H and O–H groups in total. The minimum Gasteiger partial charge on any atom is -0.494 e. The number of ether oxygens (including phenoxy) is 2. The second kappa shape index (κ2) is 11.2. The van der Waals surface area contributed by atoms with Gasteiger partial charge in [0, 0.05) is 40.0 Å². The summed E-state index contributed by atoms with van der Waals surface area (Å²) in [5, 5.41) is 13.5. The number of rotatable bonds is 6. The summed E-state index contributed by atoms with van der Waals surface area (Å²) < 4.78 is 12.0. The molecule has 1 saturated heterocycles. The number of hydrogen-bond acceptors (Lipinski definition) is 8. The van der Waals surface area contributed by atoms with Gasteiger partial charge in [-0.2, -0.15) is 0 Å². The maximum Gasteiger partial charge on any atom is 0.341 e. The number of nitrogens with zero attached hydrogens (tertiary/aromatic N) is 3. The van der Waals surface area contributed by atoms with Gasteiger partial charge in [0.2, 0.25) is 5.88 Å². The summed E-state index contributed by atoms with van der Waals surface area (Å²) in [6.07, 6.45) is 1.50. The number of thiophene rings is 1. The topological polar surface area (TPSA) is 93.4 Å². The average molecular weight is 566 g/mol. The van der Waals surface area contributed by atoms with Gasteiger partial charge in [-0.25, -0.2) is 14.4 Å². The molecular formula is C29H28ClN3O5S. The van der Waals surface area contributed by atoms with Gasteiger partial charge in [0.1, 0.15) is 5.00 Å². The quantitative estimate of drug-likeness (QED) is 0.235. The largest absolute Gasteiger partial charge is 0.494 e. The van der Waals surface area contributed by atoms with Gasteiger partial charge in [-0.05, 0) is 50.6 Å². The Hall–Kier alpha value is -3.66. The van der Waals surface area contributed by atoms with E-state index in [1.54, 1.807) is 43.3 Å². The van der Waals surface area contributed by atoms with Gasteiger partial charge < -0.3 is 19.5 Å². The summed E-state index contributed by atoms with van der Waals surface area (Å²) in [4.78, 5) is 34.2. The lowest BCUT2D eigenvalue weighted by Gasteiger charge is -2.31. The van der Waals surface area contributed by atoms with Gasteiger partial charge in [-0.15, -0.1) is 11.3 Å². The van der Waals surface area contributed by atoms with Crippen molar-refractivity contribution >= 4 is 56.6 Å². The Morgan fingerprint density at radius 1 is 1.15 bits per heavy atom. The van der Waals surface area contributed by atoms with Gasteiger partial charge in [0.05, 0.1) is 42.3 Å². The van der Waals surface area contributed by atoms with Gasteiger partial charge >= 0.3 is 5.97 Å². The number of aromatic nitrogens is 1. The van der Waals surface area contributed by atoms with Crippen molar-refractivity contribution in [1.82, 2.24) is 4.57 Å². The van der Waals surface area contributed by atoms with Crippen molar-refractivity contribution in [3.63, 3.8) is 0 Å². The van der Waals surface area contributed by atoms with E-state index in [9.17, 15) is 14.7 Å². The first-order valence-corrected chi connectivity index (χ1v) is 13.8. The summed E-state index contributed by atoms with van der Waals surface area (Å²) in [6.45, 7) is 8.17. The standard InChI is InChI=1S/C29H28ClN3O5S/c1-4-38-29(36)25-17(2)18(3)39-26(25)31-16-22-20-7-5-6-8-21(20)27(34)33(28(22)35)24-15-19(30)9-10-23(24)32-11-13-37-14-12-32/h5-10,15-16,35H,4,11-14H2,1-3H3/b31-16+. The van der Waals surface area contributed by atoms with Crippen LogP contribution in [0.4, 0.5) is 10.7 Å². The summed E-state index contributed by atoms with van der Waals surface area (Å²) in [5.74, 6) is -0.721. The number of halogens is 1. The van der Waals surface area contributed by atoms with Crippen molar-refractivity contribution < 1.29 is 19.4 Å². The molecule has 39 heavy (non-hydrogen) atoms. The molecule has 0 aliphatic carbocycles. The highest BCUT2D eigenvalue weighted by Crippen LogP contribution is 2.37. The lowest BCUT2D eigenvalue weighted by Crippen LogP contribution is -2.37. The molecule has 0 radical (unpaired) electrons. The highest BCUT2D eigenvalue weighted by atomic mass is 35.5. The third kappa shape index (κ3) is 5.05. The highest BCUT2D eigenvalue weighted by molar-refractivity contribution is 7.16. The second-order valence-corrected chi connectivity index (χ2v) is 10.7. The maximum atomic E-state index is 13.8. The number of benzene rings is 2. The van der Waals surface area contributed by atoms with Gasteiger partial charge in [-0.3, -0.25) is 4.79 Å². The van der Waals surface area contributed by atoms with Crippen molar-refractivity contribution in [1.29, 1.82) is 0 Å². The van der Waals surface area contributed by atoms with Gasteiger partial charge in [-0.1, -0.05) is 29.8 Å². The molecule has 10 heteroatoms. The maximum absolute atomic E-state index is 13.8. The Morgan fingerprint density at radius 3 is 2.59 bits per heavy atom. The Morgan fingerprint density at radius 2 is 1.87 bits per heavy atom. The molecule has 5 rings (SSSR count). The van der Waals surface area contributed by atoms with E-state index < -0.39 is 5.97 Å². The van der Waals surface area contributed by atoms with Crippen LogP contribution in [0.25, 0.3) is 16.5 Å². The average Bonchev–Trinajstić information content (AvgIpc) is 3.22. The van der Waals surface area contributed by atoms with E-state index in [0.29, 0.717) is 63.9 Å². The first-order chi connectivity index (χ1) is 18.8. The smallest absolute Gasteiger partial charge is 0.341 e. The molecule has 0 spiro atoms. The number of esters is 1. The lowest BCUT2D eigenvalue weighted by atomic mass is 10.1. The molecule has 8 nitrogen and oxygen atoms in total. The molecule has 0 unspecified atom stereocenters. The van der Waals surface area contributed by atoms with E-state index in [-0.39, 0.29) is 18.0 Å². The Bertz CT molecular complexity index is 1650. The van der Waals surface area contributed by atoms with E-state index >= 15 is 0 Å². The fourth-order valence-electron chi connectivity index (χ4n) is 4.73. The summed E-state index contributed by atoms with van der Waals surface area (Å²) in [6, 6.07) is 12.3. The van der Waals surface area contributed by atoms with Crippen LogP contribution in [0.5, 0.6) is 5.88 Å². The molecule has 1 aliphatic heterocycles. The molecule has 1 aliphatic rings. The normalized spacial score (nSPS) is 13.9. The molecule has 2 aromatic carbocycles. The first-order valence-electron chi connectivity index (χ1n) is 12.6. The summed E-state index contributed by atoms with van der Waals surface area (Å²) >= 11 is 7.76. The number of aromatic hydroxyl groups is 1. The number of morpholine rings is 1. The second-order valence-electron chi connectivity index (χ2n) is 9.10. The molecule has 1 fully saturated rings. The minimum atomic E-state index is -0.445. The molecule has 202 valence electrons. The fourth-order valence-corrected chi connectivity index (χ4v) is 5.88. The monoisotopic (exact) mass is 565 g/mol. The van der Waals surface area contributed by atoms with Crippen molar-refractivity contribution in [2.45, 2.75) is 20.8 Å². The van der Waals surface area contributed by atoms with E-state index in [2.05, 4.69) is 9.89 Å². The zero-order valence-corrected chi connectivity index (χ0v) is 23.4. The van der Waals surface area contributed by atoms with Gasteiger partial charge in [0.15, 0.2) is 0 Å². The number of aliphatic imine (C=N–C) groups is 1. The third-order valence-corrected chi connectivity index (χ3v) is 8.14. The first kappa shape index (κ1) is 26.9. The SMILES string of the molecule is CCOC(=O)c1c(/N=C/c2c(O)n(-c3cc(Cl)ccc3N3CCOCC3)c(=O)c3ccccc23)sc(C)c1C. The van der Waals surface area contributed by atoms with Crippen LogP contribution in [0.1, 0.15) is 33.3 Å². The predicted molar refractivity (Wildman–Crippen MR) is 156 cm³/mol. The van der Waals surface area contributed by atoms with Crippen LogP contribution in [-0.2, 0) is 9.47 Å². The molecule has 3 heterocycles. The number of carbonyl (C=O) groups excluding carboxylic acids is 1. The zero-order chi connectivity index (χ0) is 27.7. The number of carbonyl (C=O) groups is 1. The fraction of sp³-hybridized carbons (Fsp3) is 0.276. The van der Waals surface area contributed by atoms with Crippen LogP contribution >= 0.6 is 22.9 Å². The van der Waals surface area contributed by atoms with Crippen molar-refractivity contribution in [2.75, 3.05) is 37.8 Å². The van der Waals surface area contributed by atoms with Crippen LogP contribution in [0.15, 0.2) is 52.3 Å². The molecule has 0 bridgehead atoms.